The number of hydrogen-bond donors (Lipinski definition) is 0. The Kier molecular flexibility index (Phi) is 4.50. The molecule has 1 aromatic heterocycles. The van der Waals surface area contributed by atoms with E-state index in [0.717, 1.165) is 17.0 Å². The van der Waals surface area contributed by atoms with Crippen molar-refractivity contribution < 1.29 is 13.9 Å². The number of rotatable bonds is 5. The summed E-state index contributed by atoms with van der Waals surface area (Å²) in [6.45, 7) is 2.16. The van der Waals surface area contributed by atoms with Gasteiger partial charge in [0.2, 0.25) is 0 Å². The topological polar surface area (TPSA) is 44.1 Å². The van der Waals surface area contributed by atoms with Gasteiger partial charge in [-0.3, -0.25) is 9.48 Å². The Balaban J connectivity index is 2.12. The summed E-state index contributed by atoms with van der Waals surface area (Å²) in [6, 6.07) is 8.23. The molecule has 0 aliphatic carbocycles. The monoisotopic (exact) mass is 276 g/mol. The second kappa shape index (κ2) is 6.32. The summed E-state index contributed by atoms with van der Waals surface area (Å²) in [5, 5.41) is 4.34. The molecule has 0 unspecified atom stereocenters. The summed E-state index contributed by atoms with van der Waals surface area (Å²) < 4.78 is 19.8. The van der Waals surface area contributed by atoms with E-state index in [9.17, 15) is 9.18 Å². The Morgan fingerprint density at radius 2 is 2.20 bits per heavy atom. The predicted molar refractivity (Wildman–Crippen MR) is 73.6 cm³/mol. The Bertz CT molecular complexity index is 608. The highest BCUT2D eigenvalue weighted by Gasteiger charge is 2.10. The molecule has 0 aliphatic heterocycles. The van der Waals surface area contributed by atoms with Crippen LogP contribution in [0.3, 0.4) is 0 Å². The third kappa shape index (κ3) is 3.44. The first-order valence-electron chi connectivity index (χ1n) is 6.54. The first-order valence-corrected chi connectivity index (χ1v) is 6.54. The van der Waals surface area contributed by atoms with Gasteiger partial charge in [0.25, 0.3) is 0 Å². The molecule has 4 nitrogen and oxygen atoms in total. The molecule has 0 fully saturated rings. The second-order valence-electron chi connectivity index (χ2n) is 4.46. The van der Waals surface area contributed by atoms with Gasteiger partial charge in [-0.1, -0.05) is 12.1 Å². The van der Waals surface area contributed by atoms with Gasteiger partial charge in [-0.15, -0.1) is 0 Å². The van der Waals surface area contributed by atoms with Gasteiger partial charge in [-0.25, -0.2) is 4.39 Å². The van der Waals surface area contributed by atoms with Crippen LogP contribution >= 0.6 is 0 Å². The van der Waals surface area contributed by atoms with Crippen molar-refractivity contribution in [1.29, 1.82) is 0 Å². The molecule has 0 spiro atoms. The third-order valence-corrected chi connectivity index (χ3v) is 2.94. The maximum Gasteiger partial charge on any atom is 0.306 e. The van der Waals surface area contributed by atoms with Crippen LogP contribution in [0.15, 0.2) is 30.3 Å². The molecule has 2 aromatic rings. The zero-order valence-corrected chi connectivity index (χ0v) is 11.6. The number of benzene rings is 1. The molecule has 20 heavy (non-hydrogen) atoms. The quantitative estimate of drug-likeness (QED) is 0.789. The molecule has 5 heteroatoms. The van der Waals surface area contributed by atoms with Crippen LogP contribution in [0.5, 0.6) is 0 Å². The molecule has 0 saturated carbocycles. The molecule has 1 heterocycles. The first-order chi connectivity index (χ1) is 9.60. The lowest BCUT2D eigenvalue weighted by Crippen LogP contribution is -2.05. The van der Waals surface area contributed by atoms with Crippen LogP contribution in [0.4, 0.5) is 4.39 Å². The average molecular weight is 276 g/mol. The van der Waals surface area contributed by atoms with Gasteiger partial charge in [0.05, 0.1) is 24.4 Å². The fourth-order valence-electron chi connectivity index (χ4n) is 2.03. The lowest BCUT2D eigenvalue weighted by Gasteiger charge is -2.00. The zero-order valence-electron chi connectivity index (χ0n) is 11.6. The van der Waals surface area contributed by atoms with Crippen molar-refractivity contribution in [3.8, 4) is 11.3 Å². The Hall–Kier alpha value is -2.17. The first kappa shape index (κ1) is 14.2. The van der Waals surface area contributed by atoms with Crippen LogP contribution in [0.1, 0.15) is 19.0 Å². The summed E-state index contributed by atoms with van der Waals surface area (Å²) in [7, 11) is 1.80. The predicted octanol–water partition coefficient (Wildman–Crippen LogP) is 2.72. The summed E-state index contributed by atoms with van der Waals surface area (Å²) >= 11 is 0. The standard InChI is InChI=1S/C15H17FN2O2/c1-3-20-15(19)8-7-13-10-14(18(2)17-13)11-5-4-6-12(16)9-11/h4-6,9-10H,3,7-8H2,1-2H3. The average Bonchev–Trinajstić information content (AvgIpc) is 2.78. The van der Waals surface area contributed by atoms with Crippen LogP contribution in [0.2, 0.25) is 0 Å². The SMILES string of the molecule is CCOC(=O)CCc1cc(-c2cccc(F)c2)n(C)n1. The molecular weight excluding hydrogens is 259 g/mol. The summed E-state index contributed by atoms with van der Waals surface area (Å²) in [6.07, 6.45) is 0.815. The molecule has 0 atom stereocenters. The number of halogens is 1. The fourth-order valence-corrected chi connectivity index (χ4v) is 2.03. The van der Waals surface area contributed by atoms with Crippen LogP contribution in [-0.2, 0) is 23.0 Å². The van der Waals surface area contributed by atoms with Crippen molar-refractivity contribution in [2.45, 2.75) is 19.8 Å². The lowest BCUT2D eigenvalue weighted by molar-refractivity contribution is -0.143. The van der Waals surface area contributed by atoms with E-state index in [2.05, 4.69) is 5.10 Å². The van der Waals surface area contributed by atoms with E-state index < -0.39 is 0 Å². The molecule has 1 aromatic carbocycles. The number of aromatic nitrogens is 2. The minimum Gasteiger partial charge on any atom is -0.466 e. The number of carbonyl (C=O) groups excluding carboxylic acids is 1. The van der Waals surface area contributed by atoms with E-state index in [-0.39, 0.29) is 11.8 Å². The van der Waals surface area contributed by atoms with Gasteiger partial charge in [-0.05, 0) is 25.1 Å². The molecular formula is C15H17FN2O2. The minimum atomic E-state index is -0.281. The minimum absolute atomic E-state index is 0.231. The van der Waals surface area contributed by atoms with E-state index >= 15 is 0 Å². The van der Waals surface area contributed by atoms with Crippen molar-refractivity contribution in [1.82, 2.24) is 9.78 Å². The van der Waals surface area contributed by atoms with Gasteiger partial charge < -0.3 is 4.74 Å². The third-order valence-electron chi connectivity index (χ3n) is 2.94. The zero-order chi connectivity index (χ0) is 14.5. The highest BCUT2D eigenvalue weighted by molar-refractivity contribution is 5.69. The molecule has 0 saturated heterocycles. The van der Waals surface area contributed by atoms with E-state index in [0.29, 0.717) is 19.4 Å². The fraction of sp³-hybridized carbons (Fsp3) is 0.333. The number of hydrogen-bond acceptors (Lipinski definition) is 3. The number of aryl methyl sites for hydroxylation is 2. The highest BCUT2D eigenvalue weighted by atomic mass is 19.1. The van der Waals surface area contributed by atoms with E-state index in [1.54, 1.807) is 24.7 Å². The molecule has 0 amide bonds. The van der Waals surface area contributed by atoms with Crippen molar-refractivity contribution in [2.75, 3.05) is 6.61 Å². The summed E-state index contributed by atoms with van der Waals surface area (Å²) in [5.74, 6) is -0.512. The summed E-state index contributed by atoms with van der Waals surface area (Å²) in [5.41, 5.74) is 2.38. The molecule has 0 aliphatic rings. The van der Waals surface area contributed by atoms with Crippen molar-refractivity contribution in [3.05, 3.63) is 41.8 Å². The molecule has 0 bridgehead atoms. The normalized spacial score (nSPS) is 10.6. The van der Waals surface area contributed by atoms with Gasteiger partial charge >= 0.3 is 5.97 Å². The molecule has 106 valence electrons. The molecule has 2 rings (SSSR count). The summed E-state index contributed by atoms with van der Waals surface area (Å²) in [4.78, 5) is 11.3. The number of nitrogens with zero attached hydrogens (tertiary/aromatic N) is 2. The largest absolute Gasteiger partial charge is 0.466 e. The highest BCUT2D eigenvalue weighted by Crippen LogP contribution is 2.21. The Morgan fingerprint density at radius 1 is 1.40 bits per heavy atom. The molecule has 0 radical (unpaired) electrons. The van der Waals surface area contributed by atoms with Crippen molar-refractivity contribution >= 4 is 5.97 Å². The van der Waals surface area contributed by atoms with Gasteiger partial charge in [0.1, 0.15) is 5.82 Å². The molecule has 0 N–H and O–H groups in total. The Labute approximate surface area is 117 Å². The van der Waals surface area contributed by atoms with Crippen molar-refractivity contribution in [2.24, 2.45) is 7.05 Å². The number of esters is 1. The van der Waals surface area contributed by atoms with Gasteiger partial charge in [0, 0.05) is 19.0 Å². The van der Waals surface area contributed by atoms with Gasteiger partial charge in [0.15, 0.2) is 0 Å². The van der Waals surface area contributed by atoms with Crippen molar-refractivity contribution in [3.63, 3.8) is 0 Å². The van der Waals surface area contributed by atoms with E-state index in [4.69, 9.17) is 4.74 Å². The van der Waals surface area contributed by atoms with Gasteiger partial charge in [-0.2, -0.15) is 5.10 Å². The van der Waals surface area contributed by atoms with Crippen LogP contribution < -0.4 is 0 Å². The number of carbonyl (C=O) groups is 1. The second-order valence-corrected chi connectivity index (χ2v) is 4.46. The van der Waals surface area contributed by atoms with Crippen LogP contribution in [-0.4, -0.2) is 22.4 Å². The smallest absolute Gasteiger partial charge is 0.306 e. The van der Waals surface area contributed by atoms with E-state index in [1.807, 2.05) is 12.1 Å². The van der Waals surface area contributed by atoms with E-state index in [1.165, 1.54) is 12.1 Å². The maximum atomic E-state index is 13.2. The van der Waals surface area contributed by atoms with Crippen LogP contribution in [0.25, 0.3) is 11.3 Å². The van der Waals surface area contributed by atoms with Crippen LogP contribution in [0, 0.1) is 5.82 Å². The number of ether oxygens (including phenoxy) is 1. The maximum absolute atomic E-state index is 13.2. The lowest BCUT2D eigenvalue weighted by atomic mass is 10.1. The Morgan fingerprint density at radius 3 is 2.90 bits per heavy atom.